The third-order valence-electron chi connectivity index (χ3n) is 2.17. The maximum Gasteiger partial charge on any atom is 0.0923 e. The predicted octanol–water partition coefficient (Wildman–Crippen LogP) is 1.58. The average Bonchev–Trinajstić information content (AvgIpc) is 2.66. The van der Waals surface area contributed by atoms with Crippen molar-refractivity contribution in [3.63, 3.8) is 0 Å². The summed E-state index contributed by atoms with van der Waals surface area (Å²) in [6.45, 7) is 0. The fourth-order valence-corrected chi connectivity index (χ4v) is 1.37. The lowest BCUT2D eigenvalue weighted by Crippen LogP contribution is -1.94. The maximum atomic E-state index is 10.6. The average molecular weight is 203 g/mol. The summed E-state index contributed by atoms with van der Waals surface area (Å²) in [7, 11) is 1.84. The minimum atomic E-state index is 0.373. The quantitative estimate of drug-likeness (QED) is 0.573. The van der Waals surface area contributed by atoms with E-state index < -0.39 is 0 Å². The molecule has 5 nitrogen and oxygen atoms in total. The second kappa shape index (κ2) is 3.62. The van der Waals surface area contributed by atoms with Crippen LogP contribution in [-0.2, 0) is 7.05 Å². The highest BCUT2D eigenvalue weighted by Crippen LogP contribution is 2.25. The Morgan fingerprint density at radius 1 is 1.40 bits per heavy atom. The monoisotopic (exact) mass is 203 g/mol. The molecule has 1 aromatic carbocycles. The molecular weight excluding hydrogens is 192 g/mol. The first-order valence-electron chi connectivity index (χ1n) is 4.48. The van der Waals surface area contributed by atoms with E-state index in [1.807, 2.05) is 25.4 Å². The molecule has 0 bridgehead atoms. The number of nitrogens with one attached hydrogen (secondary N) is 1. The van der Waals surface area contributed by atoms with Gasteiger partial charge in [0.05, 0.1) is 11.4 Å². The Morgan fingerprint density at radius 3 is 2.80 bits per heavy atom. The summed E-state index contributed by atoms with van der Waals surface area (Å²) in [4.78, 5) is 0. The molecule has 0 saturated heterocycles. The predicted molar refractivity (Wildman–Crippen MR) is 60.0 cm³/mol. The highest BCUT2D eigenvalue weighted by Gasteiger charge is 2.03. The van der Waals surface area contributed by atoms with Crippen molar-refractivity contribution < 1.29 is 0 Å². The van der Waals surface area contributed by atoms with Crippen LogP contribution in [0.15, 0.2) is 30.5 Å². The third-order valence-corrected chi connectivity index (χ3v) is 2.17. The summed E-state index contributed by atoms with van der Waals surface area (Å²) >= 11 is 0. The van der Waals surface area contributed by atoms with E-state index in [4.69, 9.17) is 5.73 Å². The van der Waals surface area contributed by atoms with Crippen LogP contribution in [0.5, 0.6) is 0 Å². The molecule has 2 rings (SSSR count). The number of hydrogen-bond acceptors (Lipinski definition) is 4. The first-order valence-corrected chi connectivity index (χ1v) is 4.48. The molecule has 2 aromatic rings. The highest BCUT2D eigenvalue weighted by molar-refractivity contribution is 5.74. The standard InChI is InChI=1S/C10H11N4O/c1-14-5-4-9(12-14)7-2-3-8(11)10(6-7)13-15/h2-6,13H,11H2,1H3/q-1. The fourth-order valence-electron chi connectivity index (χ4n) is 1.37. The van der Waals surface area contributed by atoms with Crippen molar-refractivity contribution in [3.8, 4) is 11.3 Å². The molecule has 0 amide bonds. The minimum absolute atomic E-state index is 0.373. The molecule has 0 radical (unpaired) electrons. The SMILES string of the molecule is Cn1ccc(-c2ccc(N)c(N[O-])c2)n1. The molecule has 5 heteroatoms. The molecule has 0 spiro atoms. The second-order valence-corrected chi connectivity index (χ2v) is 3.28. The first kappa shape index (κ1) is 9.54. The van der Waals surface area contributed by atoms with Crippen molar-refractivity contribution in [2.75, 3.05) is 11.2 Å². The Labute approximate surface area is 87.1 Å². The third kappa shape index (κ3) is 1.77. The molecule has 3 N–H and O–H groups in total. The van der Waals surface area contributed by atoms with Gasteiger partial charge in [0.15, 0.2) is 0 Å². The molecule has 15 heavy (non-hydrogen) atoms. The van der Waals surface area contributed by atoms with E-state index in [0.29, 0.717) is 11.4 Å². The van der Waals surface area contributed by atoms with Crippen LogP contribution in [0.3, 0.4) is 0 Å². The van der Waals surface area contributed by atoms with Crippen LogP contribution in [0.2, 0.25) is 0 Å². The number of nitrogen functional groups attached to an aromatic ring is 1. The van der Waals surface area contributed by atoms with Crippen molar-refractivity contribution in [1.82, 2.24) is 9.78 Å². The number of benzene rings is 1. The first-order chi connectivity index (χ1) is 7.20. The molecule has 1 heterocycles. The van der Waals surface area contributed by atoms with Gasteiger partial charge in [-0.2, -0.15) is 5.10 Å². The molecule has 0 aliphatic rings. The van der Waals surface area contributed by atoms with E-state index in [2.05, 4.69) is 5.10 Å². The Balaban J connectivity index is 2.45. The van der Waals surface area contributed by atoms with Crippen LogP contribution in [-0.4, -0.2) is 9.78 Å². The molecule has 0 aliphatic carbocycles. The zero-order chi connectivity index (χ0) is 10.8. The molecule has 0 aliphatic heterocycles. The lowest BCUT2D eigenvalue weighted by Gasteiger charge is -2.12. The number of rotatable bonds is 2. The van der Waals surface area contributed by atoms with E-state index in [1.54, 1.807) is 22.3 Å². The van der Waals surface area contributed by atoms with E-state index in [0.717, 1.165) is 11.3 Å². The lowest BCUT2D eigenvalue weighted by atomic mass is 10.1. The number of nitrogens with two attached hydrogens (primary N) is 1. The fraction of sp³-hybridized carbons (Fsp3) is 0.100. The van der Waals surface area contributed by atoms with Gasteiger partial charge in [0.1, 0.15) is 0 Å². The molecule has 1 aromatic heterocycles. The second-order valence-electron chi connectivity index (χ2n) is 3.28. The molecular formula is C10H11N4O-. The van der Waals surface area contributed by atoms with Crippen LogP contribution >= 0.6 is 0 Å². The number of nitrogens with zero attached hydrogens (tertiary/aromatic N) is 2. The summed E-state index contributed by atoms with van der Waals surface area (Å²) < 4.78 is 1.70. The van der Waals surface area contributed by atoms with Gasteiger partial charge in [0.2, 0.25) is 0 Å². The topological polar surface area (TPSA) is 78.9 Å². The van der Waals surface area contributed by atoms with Crippen LogP contribution in [0, 0.1) is 5.21 Å². The van der Waals surface area contributed by atoms with Gasteiger partial charge in [0, 0.05) is 24.5 Å². The van der Waals surface area contributed by atoms with Gasteiger partial charge in [-0.05, 0) is 18.2 Å². The van der Waals surface area contributed by atoms with E-state index in [1.165, 1.54) is 0 Å². The van der Waals surface area contributed by atoms with Gasteiger partial charge in [-0.15, -0.1) is 0 Å². The van der Waals surface area contributed by atoms with Crippen molar-refractivity contribution in [2.45, 2.75) is 0 Å². The van der Waals surface area contributed by atoms with Crippen molar-refractivity contribution >= 4 is 11.4 Å². The van der Waals surface area contributed by atoms with E-state index in [-0.39, 0.29) is 0 Å². The Morgan fingerprint density at radius 2 is 2.20 bits per heavy atom. The van der Waals surface area contributed by atoms with Gasteiger partial charge in [0.25, 0.3) is 0 Å². The summed E-state index contributed by atoms with van der Waals surface area (Å²) in [5, 5.41) is 14.8. The van der Waals surface area contributed by atoms with Gasteiger partial charge < -0.3 is 16.4 Å². The smallest absolute Gasteiger partial charge is 0.0923 e. The lowest BCUT2D eigenvalue weighted by molar-refractivity contribution is 0.771. The van der Waals surface area contributed by atoms with Crippen molar-refractivity contribution in [1.29, 1.82) is 0 Å². The van der Waals surface area contributed by atoms with Crippen LogP contribution in [0.1, 0.15) is 0 Å². The Hall–Kier alpha value is -2.01. The van der Waals surface area contributed by atoms with E-state index in [9.17, 15) is 5.21 Å². The molecule has 0 unspecified atom stereocenters. The molecule has 78 valence electrons. The van der Waals surface area contributed by atoms with E-state index >= 15 is 0 Å². The van der Waals surface area contributed by atoms with Crippen LogP contribution < -0.4 is 11.2 Å². The highest BCUT2D eigenvalue weighted by atomic mass is 16.5. The van der Waals surface area contributed by atoms with Gasteiger partial charge >= 0.3 is 0 Å². The largest absolute Gasteiger partial charge is 0.761 e. The van der Waals surface area contributed by atoms with Crippen molar-refractivity contribution in [3.05, 3.63) is 35.7 Å². The zero-order valence-corrected chi connectivity index (χ0v) is 8.27. The summed E-state index contributed by atoms with van der Waals surface area (Å²) in [6, 6.07) is 7.08. The van der Waals surface area contributed by atoms with Crippen LogP contribution in [0.4, 0.5) is 11.4 Å². The normalized spacial score (nSPS) is 10.3. The van der Waals surface area contributed by atoms with Gasteiger partial charge in [-0.25, -0.2) is 0 Å². The number of anilines is 2. The van der Waals surface area contributed by atoms with Gasteiger partial charge in [-0.3, -0.25) is 4.68 Å². The Kier molecular flexibility index (Phi) is 2.31. The maximum absolute atomic E-state index is 10.6. The van der Waals surface area contributed by atoms with Gasteiger partial charge in [-0.1, -0.05) is 6.07 Å². The molecule has 0 saturated carbocycles. The number of aryl methyl sites for hydroxylation is 1. The van der Waals surface area contributed by atoms with Crippen LogP contribution in [0.25, 0.3) is 11.3 Å². The Bertz CT molecular complexity index is 478. The molecule has 0 fully saturated rings. The minimum Gasteiger partial charge on any atom is -0.761 e. The summed E-state index contributed by atoms with van der Waals surface area (Å²) in [5.41, 5.74) is 9.88. The summed E-state index contributed by atoms with van der Waals surface area (Å²) in [5.74, 6) is 0. The number of hydrogen-bond donors (Lipinski definition) is 2. The zero-order valence-electron chi connectivity index (χ0n) is 8.27. The summed E-state index contributed by atoms with van der Waals surface area (Å²) in [6.07, 6.45) is 1.84. The van der Waals surface area contributed by atoms with Crippen molar-refractivity contribution in [2.24, 2.45) is 7.05 Å². The molecule has 0 atom stereocenters. The number of aromatic nitrogens is 2.